The van der Waals surface area contributed by atoms with Crippen LogP contribution < -0.4 is 10.6 Å². The van der Waals surface area contributed by atoms with Crippen LogP contribution in [0.1, 0.15) is 47.5 Å². The van der Waals surface area contributed by atoms with E-state index >= 15 is 0 Å². The maximum Gasteiger partial charge on any atom is 0.346 e. The van der Waals surface area contributed by atoms with Gasteiger partial charge < -0.3 is 15.1 Å². The lowest BCUT2D eigenvalue weighted by atomic mass is 9.87. The fraction of sp³-hybridized carbons (Fsp3) is 0.455. The number of rotatable bonds is 3. The standard InChI is InChI=1S/C22H25N4O2S/c27-21(17-7-12-29-14-17)26-10-5-18(6-11-26)25-8-3-15(4-9-25)16-1-2-19-20(13-16)24-22(28)23-19/h1-2,7,12-15,18H,3-6,8-11H2,(H,23,28). The Bertz CT molecular complexity index is 898. The number of carbonyl (C=O) groups is 2. The number of nitrogens with zero attached hydrogens (tertiary/aromatic N) is 3. The zero-order valence-corrected chi connectivity index (χ0v) is 17.2. The van der Waals surface area contributed by atoms with Gasteiger partial charge in [0, 0.05) is 24.5 Å². The second-order valence-corrected chi connectivity index (χ2v) is 8.94. The van der Waals surface area contributed by atoms with E-state index in [4.69, 9.17) is 0 Å². The summed E-state index contributed by atoms with van der Waals surface area (Å²) in [5.41, 5.74) is 3.71. The van der Waals surface area contributed by atoms with Crippen LogP contribution in [0.15, 0.2) is 35.0 Å². The zero-order valence-electron chi connectivity index (χ0n) is 16.3. The topological polar surface area (TPSA) is 66.8 Å². The molecule has 1 N–H and O–H groups in total. The van der Waals surface area contributed by atoms with Crippen LogP contribution in [0.25, 0.3) is 0 Å². The SMILES string of the molecule is O=C1[N]c2cc(C3CCN(C4CCN(C(=O)c5ccsc5)CC4)CC3)ccc2N1. The van der Waals surface area contributed by atoms with Gasteiger partial charge in [-0.2, -0.15) is 16.7 Å². The molecule has 0 spiro atoms. The molecule has 151 valence electrons. The summed E-state index contributed by atoms with van der Waals surface area (Å²) in [6.45, 7) is 3.90. The second-order valence-electron chi connectivity index (χ2n) is 8.16. The van der Waals surface area contributed by atoms with Gasteiger partial charge in [0.05, 0.1) is 16.9 Å². The molecule has 5 rings (SSSR count). The van der Waals surface area contributed by atoms with Gasteiger partial charge in [-0.05, 0) is 73.8 Å². The summed E-state index contributed by atoms with van der Waals surface area (Å²) >= 11 is 1.58. The molecule has 1 radical (unpaired) electrons. The quantitative estimate of drug-likeness (QED) is 0.833. The van der Waals surface area contributed by atoms with Crippen molar-refractivity contribution in [3.63, 3.8) is 0 Å². The predicted molar refractivity (Wildman–Crippen MR) is 114 cm³/mol. The molecule has 0 atom stereocenters. The van der Waals surface area contributed by atoms with E-state index in [1.54, 1.807) is 11.3 Å². The molecule has 1 aromatic carbocycles. The smallest absolute Gasteiger partial charge is 0.339 e. The van der Waals surface area contributed by atoms with Crippen molar-refractivity contribution in [3.8, 4) is 0 Å². The highest BCUT2D eigenvalue weighted by Crippen LogP contribution is 2.35. The van der Waals surface area contributed by atoms with Gasteiger partial charge in [0.15, 0.2) is 0 Å². The Morgan fingerprint density at radius 3 is 2.59 bits per heavy atom. The molecule has 3 amide bonds. The molecule has 4 heterocycles. The van der Waals surface area contributed by atoms with Crippen molar-refractivity contribution in [2.45, 2.75) is 37.6 Å². The molecule has 29 heavy (non-hydrogen) atoms. The number of anilines is 1. The number of thiophene rings is 1. The predicted octanol–water partition coefficient (Wildman–Crippen LogP) is 4.01. The van der Waals surface area contributed by atoms with E-state index in [0.717, 1.165) is 68.8 Å². The Balaban J connectivity index is 1.14. The minimum Gasteiger partial charge on any atom is -0.339 e. The molecule has 3 aliphatic rings. The van der Waals surface area contributed by atoms with Crippen LogP contribution in [-0.2, 0) is 0 Å². The maximum absolute atomic E-state index is 12.5. The highest BCUT2D eigenvalue weighted by Gasteiger charge is 2.31. The van der Waals surface area contributed by atoms with Gasteiger partial charge in [-0.15, -0.1) is 0 Å². The van der Waals surface area contributed by atoms with Crippen LogP contribution in [0.4, 0.5) is 16.2 Å². The molecule has 1 aromatic heterocycles. The molecular formula is C22H25N4O2S. The van der Waals surface area contributed by atoms with Crippen LogP contribution >= 0.6 is 11.3 Å². The van der Waals surface area contributed by atoms with E-state index in [0.29, 0.717) is 12.0 Å². The first kappa shape index (κ1) is 18.6. The summed E-state index contributed by atoms with van der Waals surface area (Å²) in [6, 6.07) is 8.42. The van der Waals surface area contributed by atoms with Crippen molar-refractivity contribution >= 4 is 34.6 Å². The minimum atomic E-state index is -0.268. The van der Waals surface area contributed by atoms with Crippen LogP contribution in [0.2, 0.25) is 0 Å². The van der Waals surface area contributed by atoms with Crippen molar-refractivity contribution in [1.29, 1.82) is 0 Å². The lowest BCUT2D eigenvalue weighted by Gasteiger charge is -2.42. The van der Waals surface area contributed by atoms with E-state index in [-0.39, 0.29) is 11.9 Å². The van der Waals surface area contributed by atoms with Crippen molar-refractivity contribution in [3.05, 3.63) is 46.2 Å². The highest BCUT2D eigenvalue weighted by molar-refractivity contribution is 7.08. The number of urea groups is 1. The monoisotopic (exact) mass is 409 g/mol. The summed E-state index contributed by atoms with van der Waals surface area (Å²) in [7, 11) is 0. The van der Waals surface area contributed by atoms with Crippen LogP contribution in [0.3, 0.4) is 0 Å². The average Bonchev–Trinajstić information content (AvgIpc) is 3.42. The number of benzene rings is 1. The first-order chi connectivity index (χ1) is 14.2. The molecule has 6 nitrogen and oxygen atoms in total. The number of hydrogen-bond donors (Lipinski definition) is 1. The number of likely N-dealkylation sites (tertiary alicyclic amines) is 2. The average molecular weight is 410 g/mol. The Kier molecular flexibility index (Phi) is 5.01. The summed E-state index contributed by atoms with van der Waals surface area (Å²) in [4.78, 5) is 28.6. The van der Waals surface area contributed by atoms with Crippen molar-refractivity contribution in [2.24, 2.45) is 0 Å². The molecule has 0 saturated carbocycles. The summed E-state index contributed by atoms with van der Waals surface area (Å²) in [5, 5.41) is 10.7. The summed E-state index contributed by atoms with van der Waals surface area (Å²) < 4.78 is 0. The third-order valence-corrected chi connectivity index (χ3v) is 7.21. The number of nitrogens with one attached hydrogen (secondary N) is 1. The largest absolute Gasteiger partial charge is 0.346 e. The van der Waals surface area contributed by atoms with Crippen molar-refractivity contribution in [2.75, 3.05) is 31.5 Å². The summed E-state index contributed by atoms with van der Waals surface area (Å²) in [5.74, 6) is 0.709. The van der Waals surface area contributed by atoms with Gasteiger partial charge in [-0.3, -0.25) is 4.79 Å². The van der Waals surface area contributed by atoms with Gasteiger partial charge in [0.25, 0.3) is 5.91 Å². The summed E-state index contributed by atoms with van der Waals surface area (Å²) in [6.07, 6.45) is 4.39. The second kappa shape index (κ2) is 7.80. The molecule has 0 aliphatic carbocycles. The minimum absolute atomic E-state index is 0.179. The fourth-order valence-corrected chi connectivity index (χ4v) is 5.48. The molecular weight excluding hydrogens is 384 g/mol. The van der Waals surface area contributed by atoms with E-state index in [1.807, 2.05) is 27.8 Å². The molecule has 2 fully saturated rings. The normalized spacial score (nSPS) is 21.0. The van der Waals surface area contributed by atoms with E-state index < -0.39 is 0 Å². The lowest BCUT2D eigenvalue weighted by molar-refractivity contribution is 0.0578. The van der Waals surface area contributed by atoms with Crippen LogP contribution in [-0.4, -0.2) is 54.0 Å². The van der Waals surface area contributed by atoms with Crippen molar-refractivity contribution in [1.82, 2.24) is 15.1 Å². The number of hydrogen-bond acceptors (Lipinski definition) is 4. The van der Waals surface area contributed by atoms with Gasteiger partial charge in [0.2, 0.25) is 0 Å². The van der Waals surface area contributed by atoms with Crippen molar-refractivity contribution < 1.29 is 9.59 Å². The molecule has 7 heteroatoms. The Morgan fingerprint density at radius 2 is 1.86 bits per heavy atom. The van der Waals surface area contributed by atoms with Gasteiger partial charge in [-0.1, -0.05) is 6.07 Å². The maximum atomic E-state index is 12.5. The van der Waals surface area contributed by atoms with Crippen LogP contribution in [0.5, 0.6) is 0 Å². The van der Waals surface area contributed by atoms with Gasteiger partial charge in [0.1, 0.15) is 0 Å². The lowest BCUT2D eigenvalue weighted by Crippen LogP contribution is -2.48. The molecule has 2 aromatic rings. The Hall–Kier alpha value is -2.38. The van der Waals surface area contributed by atoms with Gasteiger partial charge in [-0.25, -0.2) is 4.79 Å². The highest BCUT2D eigenvalue weighted by atomic mass is 32.1. The van der Waals surface area contributed by atoms with E-state index in [2.05, 4.69) is 27.7 Å². The first-order valence-electron chi connectivity index (χ1n) is 10.4. The Labute approximate surface area is 174 Å². The first-order valence-corrected chi connectivity index (χ1v) is 11.3. The number of carbonyl (C=O) groups excluding carboxylic acids is 2. The zero-order chi connectivity index (χ0) is 19.8. The molecule has 2 saturated heterocycles. The molecule has 3 aliphatic heterocycles. The van der Waals surface area contributed by atoms with E-state index in [1.165, 1.54) is 5.56 Å². The molecule has 0 unspecified atom stereocenters. The van der Waals surface area contributed by atoms with Gasteiger partial charge >= 0.3 is 6.03 Å². The Morgan fingerprint density at radius 1 is 1.07 bits per heavy atom. The third kappa shape index (κ3) is 3.76. The fourth-order valence-electron chi connectivity index (χ4n) is 4.85. The molecule has 0 bridgehead atoms. The van der Waals surface area contributed by atoms with E-state index in [9.17, 15) is 9.59 Å². The van der Waals surface area contributed by atoms with Crippen LogP contribution in [0, 0.1) is 0 Å². The number of fused-ring (bicyclic) bond motifs is 1. The number of amides is 3. The number of piperidine rings is 2. The third-order valence-electron chi connectivity index (χ3n) is 6.52.